The van der Waals surface area contributed by atoms with Crippen LogP contribution in [-0.2, 0) is 4.79 Å². The number of hydrogen-bond donors (Lipinski definition) is 2. The Morgan fingerprint density at radius 2 is 1.95 bits per heavy atom. The van der Waals surface area contributed by atoms with Crippen molar-refractivity contribution in [2.24, 2.45) is 0 Å². The monoisotopic (exact) mass is 306 g/mol. The molecule has 1 amide bonds. The van der Waals surface area contributed by atoms with E-state index in [9.17, 15) is 4.79 Å². The highest BCUT2D eigenvalue weighted by Crippen LogP contribution is 2.22. The van der Waals surface area contributed by atoms with Gasteiger partial charge < -0.3 is 11.1 Å². The third-order valence-corrected chi connectivity index (χ3v) is 3.09. The largest absolute Gasteiger partial charge is 0.399 e. The highest BCUT2D eigenvalue weighted by atomic mass is 35.5. The summed E-state index contributed by atoms with van der Waals surface area (Å²) in [6, 6.07) is 12.0. The number of nitrogens with two attached hydrogens (primary N) is 1. The van der Waals surface area contributed by atoms with Crippen LogP contribution in [0, 0.1) is 0 Å². The smallest absolute Gasteiger partial charge is 0.248 e. The number of hydrogen-bond acceptors (Lipinski definition) is 2. The minimum Gasteiger partial charge on any atom is -0.399 e. The van der Waals surface area contributed by atoms with Crippen LogP contribution in [0.2, 0.25) is 10.0 Å². The van der Waals surface area contributed by atoms with Crippen molar-refractivity contribution in [3.05, 3.63) is 64.1 Å². The molecule has 0 bridgehead atoms. The molecule has 0 fully saturated rings. The maximum Gasteiger partial charge on any atom is 0.248 e. The number of halogens is 2. The lowest BCUT2D eigenvalue weighted by molar-refractivity contribution is -0.111. The maximum absolute atomic E-state index is 11.8. The van der Waals surface area contributed by atoms with Gasteiger partial charge in [0.15, 0.2) is 0 Å². The van der Waals surface area contributed by atoms with E-state index in [2.05, 4.69) is 5.32 Å². The third kappa shape index (κ3) is 4.02. The van der Waals surface area contributed by atoms with Crippen LogP contribution < -0.4 is 11.1 Å². The van der Waals surface area contributed by atoms with Gasteiger partial charge in [0.1, 0.15) is 0 Å². The summed E-state index contributed by atoms with van der Waals surface area (Å²) in [7, 11) is 0. The number of carbonyl (C=O) groups excluding carboxylic acids is 1. The summed E-state index contributed by atoms with van der Waals surface area (Å²) in [4.78, 5) is 11.8. The molecule has 5 heteroatoms. The first-order chi connectivity index (χ1) is 9.54. The Hall–Kier alpha value is -1.97. The zero-order chi connectivity index (χ0) is 14.5. The predicted octanol–water partition coefficient (Wildman–Crippen LogP) is 4.23. The van der Waals surface area contributed by atoms with Crippen molar-refractivity contribution >= 4 is 46.6 Å². The summed E-state index contributed by atoms with van der Waals surface area (Å²) in [6.45, 7) is 0. The second kappa shape index (κ2) is 6.46. The van der Waals surface area contributed by atoms with Crippen LogP contribution >= 0.6 is 23.2 Å². The lowest BCUT2D eigenvalue weighted by Crippen LogP contribution is -2.07. The Bertz CT molecular complexity index is 669. The van der Waals surface area contributed by atoms with Crippen molar-refractivity contribution in [1.82, 2.24) is 0 Å². The fourth-order valence-corrected chi connectivity index (χ4v) is 2.07. The Labute approximate surface area is 127 Å². The topological polar surface area (TPSA) is 55.1 Å². The Morgan fingerprint density at radius 3 is 2.65 bits per heavy atom. The minimum atomic E-state index is -0.262. The second-order valence-corrected chi connectivity index (χ2v) is 4.96. The molecule has 3 nitrogen and oxygen atoms in total. The molecule has 0 aromatic heterocycles. The Balaban J connectivity index is 2.06. The fraction of sp³-hybridized carbons (Fsp3) is 0. The van der Waals surface area contributed by atoms with Crippen LogP contribution in [0.5, 0.6) is 0 Å². The summed E-state index contributed by atoms with van der Waals surface area (Å²) in [6.07, 6.45) is 3.03. The second-order valence-electron chi connectivity index (χ2n) is 4.11. The standard InChI is InChI=1S/C15H12Cl2N2O/c16-11-6-4-10(14(17)8-11)5-7-15(20)19-13-3-1-2-12(18)9-13/h1-9H,18H2,(H,19,20)/b7-5+. The molecule has 0 aliphatic rings. The molecular formula is C15H12Cl2N2O. The maximum atomic E-state index is 11.8. The molecule has 0 atom stereocenters. The van der Waals surface area contributed by atoms with Gasteiger partial charge in [0.2, 0.25) is 5.91 Å². The van der Waals surface area contributed by atoms with Crippen molar-refractivity contribution in [3.8, 4) is 0 Å². The van der Waals surface area contributed by atoms with Crippen LogP contribution in [0.25, 0.3) is 6.08 Å². The van der Waals surface area contributed by atoms with Crippen molar-refractivity contribution in [2.45, 2.75) is 0 Å². The van der Waals surface area contributed by atoms with Crippen molar-refractivity contribution in [2.75, 3.05) is 11.1 Å². The van der Waals surface area contributed by atoms with Crippen molar-refractivity contribution in [3.63, 3.8) is 0 Å². The van der Waals surface area contributed by atoms with E-state index in [1.807, 2.05) is 0 Å². The van der Waals surface area contributed by atoms with Gasteiger partial charge in [0.25, 0.3) is 0 Å². The van der Waals surface area contributed by atoms with Crippen LogP contribution in [-0.4, -0.2) is 5.91 Å². The summed E-state index contributed by atoms with van der Waals surface area (Å²) >= 11 is 11.8. The van der Waals surface area contributed by atoms with Gasteiger partial charge in [-0.05, 0) is 42.0 Å². The van der Waals surface area contributed by atoms with Crippen LogP contribution in [0.15, 0.2) is 48.5 Å². The zero-order valence-electron chi connectivity index (χ0n) is 10.4. The van der Waals surface area contributed by atoms with E-state index in [-0.39, 0.29) is 5.91 Å². The molecule has 2 aromatic carbocycles. The summed E-state index contributed by atoms with van der Waals surface area (Å²) in [5, 5.41) is 3.75. The van der Waals surface area contributed by atoms with E-state index in [0.717, 1.165) is 5.56 Å². The molecule has 0 saturated carbocycles. The molecule has 2 aromatic rings. The molecule has 0 heterocycles. The van der Waals surface area contributed by atoms with Gasteiger partial charge in [-0.1, -0.05) is 35.3 Å². The third-order valence-electron chi connectivity index (χ3n) is 2.53. The number of nitrogens with one attached hydrogen (secondary N) is 1. The Kier molecular flexibility index (Phi) is 4.66. The minimum absolute atomic E-state index is 0.262. The molecule has 0 saturated heterocycles. The summed E-state index contributed by atoms with van der Waals surface area (Å²) in [5.41, 5.74) is 7.59. The molecule has 0 aliphatic heterocycles. The number of carbonyl (C=O) groups is 1. The first kappa shape index (κ1) is 14.4. The molecule has 20 heavy (non-hydrogen) atoms. The van der Waals surface area contributed by atoms with Crippen LogP contribution in [0.1, 0.15) is 5.56 Å². The highest BCUT2D eigenvalue weighted by Gasteiger charge is 2.00. The average molecular weight is 307 g/mol. The van der Waals surface area contributed by atoms with Crippen molar-refractivity contribution in [1.29, 1.82) is 0 Å². The van der Waals surface area contributed by atoms with E-state index in [0.29, 0.717) is 21.4 Å². The van der Waals surface area contributed by atoms with Gasteiger partial charge in [-0.3, -0.25) is 4.79 Å². The van der Waals surface area contributed by atoms with Gasteiger partial charge in [0, 0.05) is 27.5 Å². The SMILES string of the molecule is Nc1cccc(NC(=O)/C=C/c2ccc(Cl)cc2Cl)c1. The van der Waals surface area contributed by atoms with Crippen LogP contribution in [0.4, 0.5) is 11.4 Å². The van der Waals surface area contributed by atoms with Gasteiger partial charge in [-0.25, -0.2) is 0 Å². The van der Waals surface area contributed by atoms with Gasteiger partial charge in [0.05, 0.1) is 0 Å². The molecule has 102 valence electrons. The molecular weight excluding hydrogens is 295 g/mol. The van der Waals surface area contributed by atoms with Gasteiger partial charge in [-0.2, -0.15) is 0 Å². The molecule has 0 spiro atoms. The fourth-order valence-electron chi connectivity index (χ4n) is 1.60. The molecule has 2 rings (SSSR count). The van der Waals surface area contributed by atoms with E-state index in [1.54, 1.807) is 48.5 Å². The highest BCUT2D eigenvalue weighted by molar-refractivity contribution is 6.35. The van der Waals surface area contributed by atoms with Crippen LogP contribution in [0.3, 0.4) is 0 Å². The van der Waals surface area contributed by atoms with Crippen molar-refractivity contribution < 1.29 is 4.79 Å². The molecule has 0 radical (unpaired) electrons. The summed E-state index contributed by atoms with van der Waals surface area (Å²) < 4.78 is 0. The molecule has 0 unspecified atom stereocenters. The molecule has 0 aliphatic carbocycles. The van der Waals surface area contributed by atoms with Gasteiger partial charge in [-0.15, -0.1) is 0 Å². The first-order valence-corrected chi connectivity index (χ1v) is 6.60. The quantitative estimate of drug-likeness (QED) is 0.658. The molecule has 3 N–H and O–H groups in total. The normalized spacial score (nSPS) is 10.7. The summed E-state index contributed by atoms with van der Waals surface area (Å²) in [5.74, 6) is -0.262. The van der Waals surface area contributed by atoms with E-state index in [1.165, 1.54) is 6.08 Å². The number of anilines is 2. The average Bonchev–Trinajstić information content (AvgIpc) is 2.37. The predicted molar refractivity (Wildman–Crippen MR) is 85.0 cm³/mol. The first-order valence-electron chi connectivity index (χ1n) is 5.84. The number of amides is 1. The van der Waals surface area contributed by atoms with E-state index >= 15 is 0 Å². The number of nitrogen functional groups attached to an aromatic ring is 1. The number of benzene rings is 2. The lowest BCUT2D eigenvalue weighted by Gasteiger charge is -2.03. The number of rotatable bonds is 3. The zero-order valence-corrected chi connectivity index (χ0v) is 11.9. The Morgan fingerprint density at radius 1 is 1.15 bits per heavy atom. The lowest BCUT2D eigenvalue weighted by atomic mass is 10.2. The van der Waals surface area contributed by atoms with Gasteiger partial charge >= 0.3 is 0 Å². The van der Waals surface area contributed by atoms with E-state index in [4.69, 9.17) is 28.9 Å². The van der Waals surface area contributed by atoms with E-state index < -0.39 is 0 Å².